The summed E-state index contributed by atoms with van der Waals surface area (Å²) in [6.45, 7) is 16.2. The molecule has 0 amide bonds. The second kappa shape index (κ2) is 19.4. The predicted molar refractivity (Wildman–Crippen MR) is 239 cm³/mol. The summed E-state index contributed by atoms with van der Waals surface area (Å²) in [6.07, 6.45) is 0.407. The van der Waals surface area contributed by atoms with Crippen molar-refractivity contribution in [3.63, 3.8) is 0 Å². The van der Waals surface area contributed by atoms with Crippen LogP contribution in [0.25, 0.3) is 0 Å². The molecule has 294 valence electrons. The maximum absolute atomic E-state index is 5.91. The van der Waals surface area contributed by atoms with Gasteiger partial charge in [-0.25, -0.2) is 0 Å². The Hall–Kier alpha value is -6.76. The molecule has 0 heterocycles. The van der Waals surface area contributed by atoms with Crippen molar-refractivity contribution in [2.75, 3.05) is 9.80 Å². The van der Waals surface area contributed by atoms with Crippen LogP contribution in [-0.2, 0) is 0 Å². The standard InChI is InChI=1S/C52H52N2O4/c1-37(2)55-49-29-21-45(22-30-49)53(46-23-31-50(32-24-46)56-38(3)4)43-17-13-41(14-18-43)11-9-10-12-42-15-19-44(20-16-42)54(47-25-33-51(34-26-47)57-39(5)6)48-27-35-52(36-28-48)58-40(7)8/h13-40H,1-8H3. The molecular weight excluding hydrogens is 717 g/mol. The predicted octanol–water partition coefficient (Wildman–Crippen LogP) is 13.2. The van der Waals surface area contributed by atoms with Crippen LogP contribution >= 0.6 is 0 Å². The largest absolute Gasteiger partial charge is 0.491 e. The third kappa shape index (κ3) is 11.4. The molecule has 0 spiro atoms. The van der Waals surface area contributed by atoms with Gasteiger partial charge in [-0.2, -0.15) is 0 Å². The van der Waals surface area contributed by atoms with Crippen molar-refractivity contribution in [3.05, 3.63) is 157 Å². The van der Waals surface area contributed by atoms with Gasteiger partial charge in [0, 0.05) is 45.3 Å². The van der Waals surface area contributed by atoms with Gasteiger partial charge in [-0.15, -0.1) is 0 Å². The Morgan fingerprint density at radius 3 is 0.672 bits per heavy atom. The van der Waals surface area contributed by atoms with E-state index in [1.807, 2.05) is 128 Å². The third-order valence-electron chi connectivity index (χ3n) is 8.59. The van der Waals surface area contributed by atoms with E-state index in [1.54, 1.807) is 0 Å². The van der Waals surface area contributed by atoms with Gasteiger partial charge in [-0.1, -0.05) is 11.8 Å². The highest BCUT2D eigenvalue weighted by molar-refractivity contribution is 5.78. The highest BCUT2D eigenvalue weighted by Crippen LogP contribution is 2.38. The van der Waals surface area contributed by atoms with Crippen LogP contribution in [0.1, 0.15) is 66.5 Å². The van der Waals surface area contributed by atoms with E-state index in [0.29, 0.717) is 0 Å². The number of ether oxygens (including phenoxy) is 4. The summed E-state index contributed by atoms with van der Waals surface area (Å²) in [6, 6.07) is 49.0. The molecule has 0 radical (unpaired) electrons. The Balaban J connectivity index is 1.20. The first-order valence-electron chi connectivity index (χ1n) is 19.9. The zero-order valence-electron chi connectivity index (χ0n) is 34.7. The monoisotopic (exact) mass is 768 g/mol. The van der Waals surface area contributed by atoms with E-state index < -0.39 is 0 Å². The van der Waals surface area contributed by atoms with Crippen LogP contribution in [-0.4, -0.2) is 24.4 Å². The van der Waals surface area contributed by atoms with E-state index >= 15 is 0 Å². The molecule has 0 bridgehead atoms. The first-order valence-corrected chi connectivity index (χ1v) is 19.9. The number of benzene rings is 6. The molecule has 6 aromatic carbocycles. The van der Waals surface area contributed by atoms with Crippen LogP contribution in [0.2, 0.25) is 0 Å². The van der Waals surface area contributed by atoms with E-state index in [1.165, 1.54) is 0 Å². The molecule has 0 aliphatic rings. The van der Waals surface area contributed by atoms with Gasteiger partial charge in [-0.05, 0) is 213 Å². The van der Waals surface area contributed by atoms with Crippen LogP contribution in [0.5, 0.6) is 23.0 Å². The van der Waals surface area contributed by atoms with Gasteiger partial charge in [0.25, 0.3) is 0 Å². The van der Waals surface area contributed by atoms with Crippen molar-refractivity contribution < 1.29 is 18.9 Å². The lowest BCUT2D eigenvalue weighted by atomic mass is 10.1. The lowest BCUT2D eigenvalue weighted by Gasteiger charge is -2.26. The molecule has 0 fully saturated rings. The maximum Gasteiger partial charge on any atom is 0.119 e. The molecule has 0 unspecified atom stereocenters. The lowest BCUT2D eigenvalue weighted by molar-refractivity contribution is 0.242. The lowest BCUT2D eigenvalue weighted by Crippen LogP contribution is -2.11. The third-order valence-corrected chi connectivity index (χ3v) is 8.59. The fourth-order valence-electron chi connectivity index (χ4n) is 6.27. The molecule has 0 aromatic heterocycles. The minimum Gasteiger partial charge on any atom is -0.491 e. The molecule has 6 rings (SSSR count). The number of nitrogens with zero attached hydrogens (tertiary/aromatic N) is 2. The summed E-state index contributed by atoms with van der Waals surface area (Å²) >= 11 is 0. The summed E-state index contributed by atoms with van der Waals surface area (Å²) in [7, 11) is 0. The minimum atomic E-state index is 0.102. The topological polar surface area (TPSA) is 43.4 Å². The van der Waals surface area contributed by atoms with Crippen molar-refractivity contribution in [1.29, 1.82) is 0 Å². The number of rotatable bonds is 14. The van der Waals surface area contributed by atoms with E-state index in [9.17, 15) is 0 Å². The van der Waals surface area contributed by atoms with Crippen molar-refractivity contribution >= 4 is 34.1 Å². The summed E-state index contributed by atoms with van der Waals surface area (Å²) in [4.78, 5) is 4.40. The Morgan fingerprint density at radius 1 is 0.293 bits per heavy atom. The van der Waals surface area contributed by atoms with Crippen molar-refractivity contribution in [2.24, 2.45) is 0 Å². The number of anilines is 6. The molecule has 6 heteroatoms. The molecule has 6 aromatic rings. The second-order valence-electron chi connectivity index (χ2n) is 14.9. The fraction of sp³-hybridized carbons (Fsp3) is 0.231. The molecule has 0 aliphatic carbocycles. The van der Waals surface area contributed by atoms with Crippen LogP contribution < -0.4 is 28.7 Å². The van der Waals surface area contributed by atoms with Crippen LogP contribution in [0.15, 0.2) is 146 Å². The van der Waals surface area contributed by atoms with Gasteiger partial charge in [-0.3, -0.25) is 0 Å². The van der Waals surface area contributed by atoms with Gasteiger partial charge < -0.3 is 28.7 Å². The summed E-state index contributed by atoms with van der Waals surface area (Å²) in [5.74, 6) is 15.9. The second-order valence-corrected chi connectivity index (χ2v) is 14.9. The fourth-order valence-corrected chi connectivity index (χ4v) is 6.27. The van der Waals surface area contributed by atoms with Gasteiger partial charge in [0.05, 0.1) is 24.4 Å². The quantitative estimate of drug-likeness (QED) is 0.103. The molecule has 0 saturated heterocycles. The Bertz CT molecular complexity index is 2050. The average molecular weight is 769 g/mol. The van der Waals surface area contributed by atoms with Crippen LogP contribution in [0.3, 0.4) is 0 Å². The van der Waals surface area contributed by atoms with Crippen LogP contribution in [0, 0.1) is 23.7 Å². The summed E-state index contributed by atoms with van der Waals surface area (Å²) < 4.78 is 23.6. The Morgan fingerprint density at radius 2 is 0.483 bits per heavy atom. The van der Waals surface area contributed by atoms with E-state index in [-0.39, 0.29) is 24.4 Å². The van der Waals surface area contributed by atoms with Crippen molar-refractivity contribution in [3.8, 4) is 46.7 Å². The van der Waals surface area contributed by atoms with Gasteiger partial charge in [0.1, 0.15) is 23.0 Å². The van der Waals surface area contributed by atoms with Crippen LogP contribution in [0.4, 0.5) is 34.1 Å². The molecule has 0 saturated carbocycles. The van der Waals surface area contributed by atoms with Crippen molar-refractivity contribution in [2.45, 2.75) is 79.8 Å². The Labute approximate surface area is 345 Å². The van der Waals surface area contributed by atoms with Crippen molar-refractivity contribution in [1.82, 2.24) is 0 Å². The van der Waals surface area contributed by atoms with E-state index in [2.05, 4.69) is 106 Å². The SMILES string of the molecule is CC(C)Oc1ccc(N(c2ccc(C#CC#Cc3ccc(N(c4ccc(OC(C)C)cc4)c4ccc(OC(C)C)cc4)cc3)cc2)c2ccc(OC(C)C)cc2)cc1. The van der Waals surface area contributed by atoms with Gasteiger partial charge in [0.15, 0.2) is 0 Å². The van der Waals surface area contributed by atoms with Gasteiger partial charge in [0.2, 0.25) is 0 Å². The molecule has 0 N–H and O–H groups in total. The van der Waals surface area contributed by atoms with E-state index in [4.69, 9.17) is 18.9 Å². The van der Waals surface area contributed by atoms with E-state index in [0.717, 1.165) is 68.2 Å². The average Bonchev–Trinajstić information content (AvgIpc) is 3.19. The summed E-state index contributed by atoms with van der Waals surface area (Å²) in [5.41, 5.74) is 7.79. The molecule has 0 aliphatic heterocycles. The normalized spacial score (nSPS) is 10.8. The zero-order valence-corrected chi connectivity index (χ0v) is 34.7. The molecular formula is C52H52N2O4. The Kier molecular flexibility index (Phi) is 13.7. The molecule has 58 heavy (non-hydrogen) atoms. The highest BCUT2D eigenvalue weighted by atomic mass is 16.5. The zero-order chi connectivity index (χ0) is 41.0. The number of hydrogen-bond acceptors (Lipinski definition) is 6. The molecule has 6 nitrogen and oxygen atoms in total. The maximum atomic E-state index is 5.91. The minimum absolute atomic E-state index is 0.102. The first-order chi connectivity index (χ1) is 28.0. The number of hydrogen-bond donors (Lipinski definition) is 0. The van der Waals surface area contributed by atoms with Gasteiger partial charge >= 0.3 is 0 Å². The molecule has 0 atom stereocenters. The first kappa shape index (κ1) is 40.9. The smallest absolute Gasteiger partial charge is 0.119 e. The highest BCUT2D eigenvalue weighted by Gasteiger charge is 2.15. The summed E-state index contributed by atoms with van der Waals surface area (Å²) in [5, 5.41) is 0.